The average Bonchev–Trinajstić information content (AvgIpc) is 2.88. The van der Waals surface area contributed by atoms with Crippen molar-refractivity contribution in [2.24, 2.45) is 5.10 Å². The summed E-state index contributed by atoms with van der Waals surface area (Å²) in [5, 5.41) is 7.61. The van der Waals surface area contributed by atoms with E-state index >= 15 is 0 Å². The molecule has 0 amide bonds. The number of benzene rings is 2. The van der Waals surface area contributed by atoms with Crippen LogP contribution in [0.15, 0.2) is 95.3 Å². The van der Waals surface area contributed by atoms with Gasteiger partial charge in [0.2, 0.25) is 16.0 Å². The highest BCUT2D eigenvalue weighted by molar-refractivity contribution is 7.89. The van der Waals surface area contributed by atoms with E-state index in [-0.39, 0.29) is 4.90 Å². The first kappa shape index (κ1) is 23.0. The molecule has 0 spiro atoms. The summed E-state index contributed by atoms with van der Waals surface area (Å²) in [5.74, 6) is 0.908. The highest BCUT2D eigenvalue weighted by Gasteiger charge is 2.12. The lowest BCUT2D eigenvalue weighted by Crippen LogP contribution is -2.18. The maximum Gasteiger partial charge on any atom is 0.240 e. The predicted molar refractivity (Wildman–Crippen MR) is 134 cm³/mol. The summed E-state index contributed by atoms with van der Waals surface area (Å²) in [4.78, 5) is 13.3. The van der Waals surface area contributed by atoms with Crippen molar-refractivity contribution >= 4 is 33.2 Å². The quantitative estimate of drug-likeness (QED) is 0.261. The van der Waals surface area contributed by atoms with E-state index in [0.29, 0.717) is 17.5 Å². The van der Waals surface area contributed by atoms with Crippen molar-refractivity contribution in [3.63, 3.8) is 0 Å². The first-order valence-corrected chi connectivity index (χ1v) is 11.9. The monoisotopic (exact) mass is 473 g/mol. The molecular weight excluding hydrogens is 450 g/mol. The molecule has 0 unspecified atom stereocenters. The number of aromatic nitrogens is 3. The summed E-state index contributed by atoms with van der Waals surface area (Å²) in [5.41, 5.74) is 6.95. The standard InChI is InChI=1S/C24H23N7O2S/c1-17(18-10-12-21(13-11-18)34(32,33)25-2)30-31-23-22(19-7-4-3-5-8-19)16-27-24(29-23)28-20-9-6-14-26-15-20/h3-16,25H,1-2H3,(H2,27,28,29,31). The Hall–Kier alpha value is -4.15. The van der Waals surface area contributed by atoms with Gasteiger partial charge in [0.25, 0.3) is 0 Å². The molecule has 4 aromatic rings. The smallest absolute Gasteiger partial charge is 0.240 e. The predicted octanol–water partition coefficient (Wildman–Crippen LogP) is 4.03. The minimum atomic E-state index is -3.50. The van der Waals surface area contributed by atoms with Crippen molar-refractivity contribution in [1.29, 1.82) is 0 Å². The minimum absolute atomic E-state index is 0.188. The lowest BCUT2D eigenvalue weighted by molar-refractivity contribution is 0.588. The van der Waals surface area contributed by atoms with E-state index in [1.54, 1.807) is 30.7 Å². The summed E-state index contributed by atoms with van der Waals surface area (Å²) in [6, 6.07) is 19.9. The Bertz CT molecular complexity index is 1390. The number of pyridine rings is 1. The van der Waals surface area contributed by atoms with Crippen LogP contribution in [0.1, 0.15) is 12.5 Å². The summed E-state index contributed by atoms with van der Waals surface area (Å²) in [6.07, 6.45) is 5.10. The van der Waals surface area contributed by atoms with Gasteiger partial charge in [0.05, 0.1) is 22.5 Å². The number of nitrogens with one attached hydrogen (secondary N) is 3. The highest BCUT2D eigenvalue weighted by atomic mass is 32.2. The summed E-state index contributed by atoms with van der Waals surface area (Å²) in [6.45, 7) is 1.83. The number of rotatable bonds is 8. The van der Waals surface area contributed by atoms with Crippen LogP contribution in [0.4, 0.5) is 17.5 Å². The zero-order chi connectivity index (χ0) is 24.0. The fourth-order valence-corrected chi connectivity index (χ4v) is 3.85. The molecule has 3 N–H and O–H groups in total. The van der Waals surface area contributed by atoms with Crippen LogP contribution in [0.2, 0.25) is 0 Å². The largest absolute Gasteiger partial charge is 0.323 e. The van der Waals surface area contributed by atoms with Gasteiger partial charge in [-0.1, -0.05) is 42.5 Å². The fraction of sp³-hybridized carbons (Fsp3) is 0.0833. The van der Waals surface area contributed by atoms with Gasteiger partial charge in [-0.3, -0.25) is 10.4 Å². The molecule has 10 heteroatoms. The third-order valence-electron chi connectivity index (χ3n) is 4.97. The van der Waals surface area contributed by atoms with Crippen molar-refractivity contribution in [2.75, 3.05) is 17.8 Å². The molecule has 9 nitrogen and oxygen atoms in total. The second-order valence-electron chi connectivity index (χ2n) is 7.23. The van der Waals surface area contributed by atoms with E-state index in [4.69, 9.17) is 0 Å². The van der Waals surface area contributed by atoms with Crippen molar-refractivity contribution in [2.45, 2.75) is 11.8 Å². The summed E-state index contributed by atoms with van der Waals surface area (Å²) >= 11 is 0. The number of anilines is 3. The van der Waals surface area contributed by atoms with E-state index in [1.165, 1.54) is 19.2 Å². The van der Waals surface area contributed by atoms with Crippen LogP contribution in [-0.4, -0.2) is 36.1 Å². The normalized spacial score (nSPS) is 11.8. The van der Waals surface area contributed by atoms with Crippen molar-refractivity contribution < 1.29 is 8.42 Å². The van der Waals surface area contributed by atoms with Crippen molar-refractivity contribution in [3.8, 4) is 11.1 Å². The van der Waals surface area contributed by atoms with Crippen LogP contribution in [0.5, 0.6) is 0 Å². The van der Waals surface area contributed by atoms with Gasteiger partial charge in [-0.15, -0.1) is 0 Å². The van der Waals surface area contributed by atoms with Gasteiger partial charge < -0.3 is 5.32 Å². The Balaban J connectivity index is 1.63. The Morgan fingerprint density at radius 3 is 2.38 bits per heavy atom. The van der Waals surface area contributed by atoms with Crippen LogP contribution in [-0.2, 0) is 10.0 Å². The van der Waals surface area contributed by atoms with Crippen LogP contribution in [0, 0.1) is 0 Å². The zero-order valence-electron chi connectivity index (χ0n) is 18.6. The molecule has 0 fully saturated rings. The van der Waals surface area contributed by atoms with Gasteiger partial charge in [0, 0.05) is 18.0 Å². The number of hydrogen-bond donors (Lipinski definition) is 3. The lowest BCUT2D eigenvalue weighted by atomic mass is 10.1. The zero-order valence-corrected chi connectivity index (χ0v) is 19.4. The van der Waals surface area contributed by atoms with E-state index < -0.39 is 10.0 Å². The van der Waals surface area contributed by atoms with Crippen LogP contribution in [0.3, 0.4) is 0 Å². The Morgan fingerprint density at radius 2 is 1.71 bits per heavy atom. The summed E-state index contributed by atoms with van der Waals surface area (Å²) < 4.78 is 26.2. The molecule has 0 saturated heterocycles. The van der Waals surface area contributed by atoms with E-state index in [0.717, 1.165) is 22.4 Å². The number of hydrogen-bond acceptors (Lipinski definition) is 8. The molecule has 0 aliphatic rings. The van der Waals surface area contributed by atoms with Gasteiger partial charge in [0.1, 0.15) is 0 Å². The molecule has 172 valence electrons. The SMILES string of the molecule is CNS(=O)(=O)c1ccc(C(C)=NNc2nc(Nc3cccnc3)ncc2-c2ccccc2)cc1. The molecule has 4 rings (SSSR count). The molecule has 2 aromatic carbocycles. The molecule has 0 aliphatic carbocycles. The molecule has 0 atom stereocenters. The fourth-order valence-electron chi connectivity index (χ4n) is 3.12. The van der Waals surface area contributed by atoms with Gasteiger partial charge >= 0.3 is 0 Å². The van der Waals surface area contributed by atoms with Crippen molar-refractivity contribution in [3.05, 3.63) is 90.9 Å². The van der Waals surface area contributed by atoms with Crippen LogP contribution in [0.25, 0.3) is 11.1 Å². The van der Waals surface area contributed by atoms with Gasteiger partial charge in [0.15, 0.2) is 5.82 Å². The number of nitrogens with zero attached hydrogens (tertiary/aromatic N) is 4. The number of hydrazone groups is 1. The molecule has 34 heavy (non-hydrogen) atoms. The van der Waals surface area contributed by atoms with E-state index in [9.17, 15) is 8.42 Å². The lowest BCUT2D eigenvalue weighted by Gasteiger charge is -2.12. The van der Waals surface area contributed by atoms with Crippen LogP contribution < -0.4 is 15.5 Å². The third-order valence-corrected chi connectivity index (χ3v) is 6.40. The Morgan fingerprint density at radius 1 is 0.941 bits per heavy atom. The Kier molecular flexibility index (Phi) is 6.90. The van der Waals surface area contributed by atoms with Gasteiger partial charge in [-0.05, 0) is 49.4 Å². The maximum absolute atomic E-state index is 12.0. The Labute approximate surface area is 198 Å². The first-order chi connectivity index (χ1) is 16.5. The highest BCUT2D eigenvalue weighted by Crippen LogP contribution is 2.27. The molecule has 2 aromatic heterocycles. The molecular formula is C24H23N7O2S. The average molecular weight is 474 g/mol. The maximum atomic E-state index is 12.0. The van der Waals surface area contributed by atoms with E-state index in [1.807, 2.05) is 49.4 Å². The van der Waals surface area contributed by atoms with Crippen molar-refractivity contribution in [1.82, 2.24) is 19.7 Å². The third kappa shape index (κ3) is 5.42. The van der Waals surface area contributed by atoms with Gasteiger partial charge in [-0.2, -0.15) is 10.1 Å². The molecule has 0 saturated carbocycles. The molecule has 0 bridgehead atoms. The van der Waals surface area contributed by atoms with Crippen LogP contribution >= 0.6 is 0 Å². The second kappa shape index (κ2) is 10.2. The topological polar surface area (TPSA) is 121 Å². The first-order valence-electron chi connectivity index (χ1n) is 10.4. The summed E-state index contributed by atoms with van der Waals surface area (Å²) in [7, 11) is -2.12. The molecule has 0 aliphatic heterocycles. The number of sulfonamides is 1. The second-order valence-corrected chi connectivity index (χ2v) is 9.12. The molecule has 2 heterocycles. The van der Waals surface area contributed by atoms with Gasteiger partial charge in [-0.25, -0.2) is 18.1 Å². The minimum Gasteiger partial charge on any atom is -0.323 e. The van der Waals surface area contributed by atoms with E-state index in [2.05, 4.69) is 35.5 Å². The molecule has 0 radical (unpaired) electrons.